The van der Waals surface area contributed by atoms with E-state index in [1.54, 1.807) is 11.8 Å². The number of benzene rings is 1. The van der Waals surface area contributed by atoms with E-state index in [4.69, 9.17) is 0 Å². The molecule has 82 valence electrons. The summed E-state index contributed by atoms with van der Waals surface area (Å²) >= 11 is 1.78. The van der Waals surface area contributed by atoms with E-state index in [1.807, 2.05) is 24.3 Å². The van der Waals surface area contributed by atoms with Gasteiger partial charge in [-0.15, -0.1) is 11.8 Å². The molecule has 0 bridgehead atoms. The standard InChI is InChI=1S/C10H13NO2S2/c1-15(12,13)11-9-6-7-14-10-5-3-2-4-8(9)10/h2-5,9,11H,6-7H2,1H3/t9-/m0/s1. The molecule has 1 atom stereocenters. The Balaban J connectivity index is 2.30. The van der Waals surface area contributed by atoms with Crippen molar-refractivity contribution < 1.29 is 8.42 Å². The van der Waals surface area contributed by atoms with Gasteiger partial charge in [0.15, 0.2) is 0 Å². The molecule has 0 saturated carbocycles. The maximum absolute atomic E-state index is 11.2. The van der Waals surface area contributed by atoms with Gasteiger partial charge in [0.1, 0.15) is 0 Å². The summed E-state index contributed by atoms with van der Waals surface area (Å²) in [4.78, 5) is 1.19. The van der Waals surface area contributed by atoms with Crippen LogP contribution in [0.1, 0.15) is 18.0 Å². The van der Waals surface area contributed by atoms with Crippen LogP contribution in [0, 0.1) is 0 Å². The molecule has 2 rings (SSSR count). The van der Waals surface area contributed by atoms with Crippen LogP contribution in [0.15, 0.2) is 29.2 Å². The lowest BCUT2D eigenvalue weighted by atomic mass is 10.1. The zero-order valence-electron chi connectivity index (χ0n) is 8.43. The zero-order valence-corrected chi connectivity index (χ0v) is 10.1. The van der Waals surface area contributed by atoms with Crippen molar-refractivity contribution in [2.75, 3.05) is 12.0 Å². The first-order chi connectivity index (χ1) is 7.06. The number of fused-ring (bicyclic) bond motifs is 1. The molecule has 3 nitrogen and oxygen atoms in total. The lowest BCUT2D eigenvalue weighted by Gasteiger charge is -2.24. The lowest BCUT2D eigenvalue weighted by Crippen LogP contribution is -2.29. The Kier molecular flexibility index (Phi) is 3.04. The van der Waals surface area contributed by atoms with Gasteiger partial charge in [0.05, 0.1) is 6.26 Å². The summed E-state index contributed by atoms with van der Waals surface area (Å²) in [6.07, 6.45) is 2.06. The van der Waals surface area contributed by atoms with Gasteiger partial charge in [0.2, 0.25) is 10.0 Å². The third kappa shape index (κ3) is 2.74. The number of hydrogen-bond donors (Lipinski definition) is 1. The summed E-state index contributed by atoms with van der Waals surface area (Å²) in [5.74, 6) is 0.962. The van der Waals surface area contributed by atoms with Gasteiger partial charge in [-0.05, 0) is 23.8 Å². The quantitative estimate of drug-likeness (QED) is 0.861. The van der Waals surface area contributed by atoms with Crippen LogP contribution in [0.5, 0.6) is 0 Å². The molecule has 0 aliphatic carbocycles. The fourth-order valence-electron chi connectivity index (χ4n) is 1.72. The van der Waals surface area contributed by atoms with Crippen LogP contribution in [0.4, 0.5) is 0 Å². The van der Waals surface area contributed by atoms with Crippen LogP contribution in [0.3, 0.4) is 0 Å². The van der Waals surface area contributed by atoms with Crippen molar-refractivity contribution in [3.63, 3.8) is 0 Å². The molecular weight excluding hydrogens is 230 g/mol. The Hall–Kier alpha value is -0.520. The van der Waals surface area contributed by atoms with Gasteiger partial charge in [0, 0.05) is 10.9 Å². The molecule has 5 heteroatoms. The van der Waals surface area contributed by atoms with Crippen LogP contribution >= 0.6 is 11.8 Å². The van der Waals surface area contributed by atoms with Crippen molar-refractivity contribution in [3.05, 3.63) is 29.8 Å². The van der Waals surface area contributed by atoms with Crippen molar-refractivity contribution in [1.29, 1.82) is 0 Å². The molecule has 0 unspecified atom stereocenters. The van der Waals surface area contributed by atoms with E-state index in [0.29, 0.717) is 0 Å². The first-order valence-electron chi connectivity index (χ1n) is 4.75. The molecule has 0 fully saturated rings. The van der Waals surface area contributed by atoms with E-state index in [-0.39, 0.29) is 6.04 Å². The Morgan fingerprint density at radius 3 is 2.87 bits per heavy atom. The zero-order chi connectivity index (χ0) is 10.9. The molecule has 1 aromatic rings. The maximum Gasteiger partial charge on any atom is 0.209 e. The Bertz CT molecular complexity index is 456. The monoisotopic (exact) mass is 243 g/mol. The summed E-state index contributed by atoms with van der Waals surface area (Å²) in [5, 5.41) is 0. The Morgan fingerprint density at radius 1 is 1.40 bits per heavy atom. The first kappa shape index (κ1) is 11.0. The van der Waals surface area contributed by atoms with Gasteiger partial charge in [-0.25, -0.2) is 13.1 Å². The maximum atomic E-state index is 11.2. The second-order valence-corrected chi connectivity index (χ2v) is 6.53. The minimum Gasteiger partial charge on any atom is -0.213 e. The number of rotatable bonds is 2. The molecule has 0 saturated heterocycles. The van der Waals surface area contributed by atoms with Crippen molar-refractivity contribution in [2.24, 2.45) is 0 Å². The van der Waals surface area contributed by atoms with Crippen molar-refractivity contribution >= 4 is 21.8 Å². The SMILES string of the molecule is CS(=O)(=O)N[C@H]1CCSc2ccccc21. The summed E-state index contributed by atoms with van der Waals surface area (Å²) in [6, 6.07) is 7.90. The number of sulfonamides is 1. The number of thioether (sulfide) groups is 1. The van der Waals surface area contributed by atoms with E-state index >= 15 is 0 Å². The normalized spacial score (nSPS) is 21.0. The number of hydrogen-bond acceptors (Lipinski definition) is 3. The molecule has 0 amide bonds. The molecule has 1 aliphatic heterocycles. The topological polar surface area (TPSA) is 46.2 Å². The highest BCUT2D eigenvalue weighted by Gasteiger charge is 2.22. The van der Waals surface area contributed by atoms with E-state index in [1.165, 1.54) is 11.2 Å². The molecule has 15 heavy (non-hydrogen) atoms. The summed E-state index contributed by atoms with van der Waals surface area (Å²) in [5.41, 5.74) is 1.10. The van der Waals surface area contributed by atoms with E-state index in [0.717, 1.165) is 17.7 Å². The average Bonchev–Trinajstić information content (AvgIpc) is 2.16. The fourth-order valence-corrected chi connectivity index (χ4v) is 3.61. The van der Waals surface area contributed by atoms with Crippen LogP contribution in [-0.4, -0.2) is 20.4 Å². The van der Waals surface area contributed by atoms with Crippen LogP contribution in [0.2, 0.25) is 0 Å². The van der Waals surface area contributed by atoms with E-state index in [9.17, 15) is 8.42 Å². The molecule has 0 radical (unpaired) electrons. The summed E-state index contributed by atoms with van der Waals surface area (Å²) < 4.78 is 25.1. The third-order valence-electron chi connectivity index (χ3n) is 2.31. The van der Waals surface area contributed by atoms with Crippen LogP contribution < -0.4 is 4.72 Å². The predicted molar refractivity (Wildman–Crippen MR) is 62.5 cm³/mol. The summed E-state index contributed by atoms with van der Waals surface area (Å²) in [7, 11) is -3.13. The predicted octanol–water partition coefficient (Wildman–Crippen LogP) is 1.77. The minimum absolute atomic E-state index is 0.0579. The number of nitrogens with one attached hydrogen (secondary N) is 1. The van der Waals surface area contributed by atoms with Gasteiger partial charge in [-0.1, -0.05) is 18.2 Å². The lowest BCUT2D eigenvalue weighted by molar-refractivity contribution is 0.551. The van der Waals surface area contributed by atoms with Crippen LogP contribution in [0.25, 0.3) is 0 Å². The molecule has 0 aromatic heterocycles. The third-order valence-corrected chi connectivity index (χ3v) is 4.15. The molecule has 1 aliphatic rings. The van der Waals surface area contributed by atoms with Crippen molar-refractivity contribution in [1.82, 2.24) is 4.72 Å². The van der Waals surface area contributed by atoms with Gasteiger partial charge < -0.3 is 0 Å². The summed E-state index contributed by atoms with van der Waals surface area (Å²) in [6.45, 7) is 0. The first-order valence-corrected chi connectivity index (χ1v) is 7.63. The molecule has 1 heterocycles. The molecule has 1 aromatic carbocycles. The second-order valence-electron chi connectivity index (χ2n) is 3.62. The minimum atomic E-state index is -3.13. The largest absolute Gasteiger partial charge is 0.213 e. The van der Waals surface area contributed by atoms with Crippen molar-refractivity contribution in [3.8, 4) is 0 Å². The van der Waals surface area contributed by atoms with E-state index < -0.39 is 10.0 Å². The van der Waals surface area contributed by atoms with Gasteiger partial charge in [-0.3, -0.25) is 0 Å². The molecule has 0 spiro atoms. The van der Waals surface area contributed by atoms with Crippen molar-refractivity contribution in [2.45, 2.75) is 17.4 Å². The highest BCUT2D eigenvalue weighted by molar-refractivity contribution is 7.99. The fraction of sp³-hybridized carbons (Fsp3) is 0.400. The Morgan fingerprint density at radius 2 is 2.13 bits per heavy atom. The second kappa shape index (κ2) is 4.15. The van der Waals surface area contributed by atoms with Gasteiger partial charge >= 0.3 is 0 Å². The van der Waals surface area contributed by atoms with Crippen LogP contribution in [-0.2, 0) is 10.0 Å². The highest BCUT2D eigenvalue weighted by Crippen LogP contribution is 2.35. The average molecular weight is 243 g/mol. The smallest absolute Gasteiger partial charge is 0.209 e. The Labute approximate surface area is 94.3 Å². The highest BCUT2D eigenvalue weighted by atomic mass is 32.2. The van der Waals surface area contributed by atoms with Gasteiger partial charge in [0.25, 0.3) is 0 Å². The molecule has 1 N–H and O–H groups in total. The van der Waals surface area contributed by atoms with Gasteiger partial charge in [-0.2, -0.15) is 0 Å². The molecular formula is C10H13NO2S2. The van der Waals surface area contributed by atoms with E-state index in [2.05, 4.69) is 4.72 Å².